The maximum absolute atomic E-state index is 12.6. The molecule has 0 fully saturated rings. The lowest BCUT2D eigenvalue weighted by atomic mass is 10.2. The Hall–Kier alpha value is -3.02. The maximum Gasteiger partial charge on any atom is 0.280 e. The highest BCUT2D eigenvalue weighted by Gasteiger charge is 2.34. The van der Waals surface area contributed by atoms with Crippen molar-refractivity contribution in [1.29, 1.82) is 0 Å². The Morgan fingerprint density at radius 2 is 1.71 bits per heavy atom. The van der Waals surface area contributed by atoms with E-state index < -0.39 is 6.04 Å². The summed E-state index contributed by atoms with van der Waals surface area (Å²) in [5.41, 5.74) is 3.03. The summed E-state index contributed by atoms with van der Waals surface area (Å²) in [7, 11) is 3.89. The van der Waals surface area contributed by atoms with E-state index in [1.165, 1.54) is 5.01 Å². The number of azo groups is 1. The number of para-hydroxylation sites is 2. The molecule has 2 aromatic rings. The van der Waals surface area contributed by atoms with E-state index in [1.54, 1.807) is 6.92 Å². The van der Waals surface area contributed by atoms with Gasteiger partial charge in [-0.05, 0) is 31.2 Å². The van der Waals surface area contributed by atoms with Crippen LogP contribution in [0.5, 0.6) is 0 Å². The van der Waals surface area contributed by atoms with Crippen molar-refractivity contribution in [3.8, 4) is 0 Å². The molecule has 0 radical (unpaired) electrons. The Labute approximate surface area is 141 Å². The highest BCUT2D eigenvalue weighted by atomic mass is 16.2. The summed E-state index contributed by atoms with van der Waals surface area (Å²) in [4.78, 5) is 14.6. The molecule has 1 unspecified atom stereocenters. The highest BCUT2D eigenvalue weighted by Crippen LogP contribution is 2.28. The predicted molar refractivity (Wildman–Crippen MR) is 96.1 cm³/mol. The molecule has 0 spiro atoms. The summed E-state index contributed by atoms with van der Waals surface area (Å²) < 4.78 is 0. The molecule has 122 valence electrons. The zero-order valence-corrected chi connectivity index (χ0v) is 13.9. The molecular weight excluding hydrogens is 302 g/mol. The molecule has 2 aromatic carbocycles. The van der Waals surface area contributed by atoms with E-state index in [4.69, 9.17) is 0 Å². The zero-order valence-electron chi connectivity index (χ0n) is 13.9. The summed E-state index contributed by atoms with van der Waals surface area (Å²) in [5, 5.41) is 14.3. The molecule has 0 aliphatic carbocycles. The van der Waals surface area contributed by atoms with Gasteiger partial charge < -0.3 is 4.90 Å². The normalized spacial score (nSPS) is 17.5. The van der Waals surface area contributed by atoms with Crippen molar-refractivity contribution in [2.75, 3.05) is 24.0 Å². The lowest BCUT2D eigenvalue weighted by Gasteiger charge is -2.14. The molecule has 1 atom stereocenters. The first kappa shape index (κ1) is 15.9. The average Bonchev–Trinajstić information content (AvgIpc) is 2.88. The number of nitrogens with zero attached hydrogens (tertiary/aromatic N) is 5. The quantitative estimate of drug-likeness (QED) is 0.807. The maximum atomic E-state index is 12.6. The van der Waals surface area contributed by atoms with Crippen molar-refractivity contribution in [3.05, 3.63) is 54.6 Å². The van der Waals surface area contributed by atoms with E-state index in [2.05, 4.69) is 15.3 Å². The molecule has 6 nitrogen and oxygen atoms in total. The van der Waals surface area contributed by atoms with Gasteiger partial charge in [-0.2, -0.15) is 20.3 Å². The van der Waals surface area contributed by atoms with Crippen molar-refractivity contribution >= 4 is 28.7 Å². The van der Waals surface area contributed by atoms with Crippen LogP contribution in [0, 0.1) is 0 Å². The third kappa shape index (κ3) is 3.03. The molecule has 0 aromatic heterocycles. The molecule has 0 saturated heterocycles. The minimum Gasteiger partial charge on any atom is -0.376 e. The van der Waals surface area contributed by atoms with Gasteiger partial charge in [0.1, 0.15) is 5.69 Å². The Morgan fingerprint density at radius 1 is 1.04 bits per heavy atom. The highest BCUT2D eigenvalue weighted by molar-refractivity contribution is 6.18. The number of hydrogen-bond acceptors (Lipinski definition) is 5. The Kier molecular flexibility index (Phi) is 4.37. The van der Waals surface area contributed by atoms with E-state index >= 15 is 0 Å². The Balaban J connectivity index is 1.84. The molecule has 1 amide bonds. The van der Waals surface area contributed by atoms with Gasteiger partial charge in [0.05, 0.1) is 17.1 Å². The second-order valence-corrected chi connectivity index (χ2v) is 5.73. The van der Waals surface area contributed by atoms with Gasteiger partial charge in [-0.3, -0.25) is 4.79 Å². The number of benzene rings is 2. The molecule has 1 aliphatic rings. The van der Waals surface area contributed by atoms with E-state index in [0.717, 1.165) is 17.1 Å². The Bertz CT molecular complexity index is 798. The molecular formula is C18H19N5O. The molecule has 1 aliphatic heterocycles. The van der Waals surface area contributed by atoms with Gasteiger partial charge in [-0.1, -0.05) is 30.3 Å². The Morgan fingerprint density at radius 3 is 2.42 bits per heavy atom. The third-order valence-corrected chi connectivity index (χ3v) is 3.74. The number of carbonyl (C=O) groups excluding carboxylic acids is 1. The van der Waals surface area contributed by atoms with Crippen molar-refractivity contribution in [2.45, 2.75) is 13.0 Å². The summed E-state index contributed by atoms with van der Waals surface area (Å²) in [5.74, 6) is -0.190. The zero-order chi connectivity index (χ0) is 17.1. The van der Waals surface area contributed by atoms with Crippen molar-refractivity contribution in [2.24, 2.45) is 15.3 Å². The van der Waals surface area contributed by atoms with Gasteiger partial charge >= 0.3 is 0 Å². The molecule has 0 bridgehead atoms. The van der Waals surface area contributed by atoms with Crippen LogP contribution in [0.2, 0.25) is 0 Å². The second kappa shape index (κ2) is 6.62. The molecule has 0 N–H and O–H groups in total. The van der Waals surface area contributed by atoms with Crippen LogP contribution >= 0.6 is 0 Å². The first-order chi connectivity index (χ1) is 11.6. The van der Waals surface area contributed by atoms with Crippen LogP contribution in [0.3, 0.4) is 0 Å². The van der Waals surface area contributed by atoms with E-state index in [0.29, 0.717) is 5.71 Å². The SMILES string of the molecule is CC1=NN(c2ccccc2)C(=O)C1N=Nc1ccccc1N(C)C. The standard InChI is InChI=1S/C18H19N5O/c1-13-17(18(24)23(21-13)14-9-5-4-6-10-14)20-19-15-11-7-8-12-16(15)22(2)3/h4-12,17H,1-3H3. The fourth-order valence-corrected chi connectivity index (χ4v) is 2.49. The summed E-state index contributed by atoms with van der Waals surface area (Å²) >= 11 is 0. The van der Waals surface area contributed by atoms with Crippen molar-refractivity contribution in [3.63, 3.8) is 0 Å². The van der Waals surface area contributed by atoms with Crippen LogP contribution in [-0.4, -0.2) is 31.8 Å². The topological polar surface area (TPSA) is 60.6 Å². The van der Waals surface area contributed by atoms with Gasteiger partial charge in [-0.15, -0.1) is 0 Å². The van der Waals surface area contributed by atoms with Gasteiger partial charge in [0.25, 0.3) is 5.91 Å². The van der Waals surface area contributed by atoms with E-state index in [-0.39, 0.29) is 5.91 Å². The molecule has 1 heterocycles. The minimum absolute atomic E-state index is 0.190. The third-order valence-electron chi connectivity index (χ3n) is 3.74. The van der Waals surface area contributed by atoms with Crippen LogP contribution in [-0.2, 0) is 4.79 Å². The van der Waals surface area contributed by atoms with Crippen LogP contribution in [0.15, 0.2) is 69.9 Å². The van der Waals surface area contributed by atoms with Crippen LogP contribution in [0.1, 0.15) is 6.92 Å². The lowest BCUT2D eigenvalue weighted by molar-refractivity contribution is -0.117. The van der Waals surface area contributed by atoms with Gasteiger partial charge in [-0.25, -0.2) is 0 Å². The van der Waals surface area contributed by atoms with Crippen molar-refractivity contribution in [1.82, 2.24) is 0 Å². The van der Waals surface area contributed by atoms with Gasteiger partial charge in [0.2, 0.25) is 0 Å². The number of carbonyl (C=O) groups is 1. The minimum atomic E-state index is -0.680. The number of rotatable bonds is 4. The van der Waals surface area contributed by atoms with E-state index in [9.17, 15) is 4.79 Å². The predicted octanol–water partition coefficient (Wildman–Crippen LogP) is 3.63. The summed E-state index contributed by atoms with van der Waals surface area (Å²) in [6.07, 6.45) is 0. The lowest BCUT2D eigenvalue weighted by Crippen LogP contribution is -2.29. The first-order valence-corrected chi connectivity index (χ1v) is 7.69. The largest absolute Gasteiger partial charge is 0.376 e. The van der Waals surface area contributed by atoms with Crippen LogP contribution < -0.4 is 9.91 Å². The van der Waals surface area contributed by atoms with Crippen LogP contribution in [0.4, 0.5) is 17.1 Å². The fourth-order valence-electron chi connectivity index (χ4n) is 2.49. The van der Waals surface area contributed by atoms with Crippen LogP contribution in [0.25, 0.3) is 0 Å². The first-order valence-electron chi connectivity index (χ1n) is 7.69. The molecule has 6 heteroatoms. The number of hydrogen-bond donors (Lipinski definition) is 0. The van der Waals surface area contributed by atoms with Gasteiger partial charge in [0.15, 0.2) is 6.04 Å². The second-order valence-electron chi connectivity index (χ2n) is 5.73. The summed E-state index contributed by atoms with van der Waals surface area (Å²) in [6, 6.07) is 16.3. The monoisotopic (exact) mass is 321 g/mol. The van der Waals surface area contributed by atoms with E-state index in [1.807, 2.05) is 73.6 Å². The van der Waals surface area contributed by atoms with Gasteiger partial charge in [0, 0.05) is 14.1 Å². The van der Waals surface area contributed by atoms with Crippen molar-refractivity contribution < 1.29 is 4.79 Å². The summed E-state index contributed by atoms with van der Waals surface area (Å²) in [6.45, 7) is 1.79. The molecule has 0 saturated carbocycles. The average molecular weight is 321 g/mol. The number of amides is 1. The smallest absolute Gasteiger partial charge is 0.280 e. The number of hydrazone groups is 1. The molecule has 3 rings (SSSR count). The fraction of sp³-hybridized carbons (Fsp3) is 0.222. The number of anilines is 2. The molecule has 24 heavy (non-hydrogen) atoms.